The van der Waals surface area contributed by atoms with Crippen molar-refractivity contribution in [3.8, 4) is 0 Å². The highest BCUT2D eigenvalue weighted by Crippen LogP contribution is 2.58. The second-order valence-electron chi connectivity index (χ2n) is 4.27. The average Bonchev–Trinajstić information content (AvgIpc) is 2.00. The normalized spacial score (nSPS) is 26.5. The lowest BCUT2D eigenvalue weighted by Gasteiger charge is -2.31. The van der Waals surface area contributed by atoms with E-state index in [0.717, 1.165) is 0 Å². The molecule has 0 fully saturated rings. The predicted molar refractivity (Wildman–Crippen MR) is 64.3 cm³/mol. The molecule has 0 radical (unpaired) electrons. The van der Waals surface area contributed by atoms with Gasteiger partial charge in [-0.3, -0.25) is 0 Å². The minimum atomic E-state index is -2.24. The Balaban J connectivity index is 3.30. The smallest absolute Gasteiger partial charge is 0.228 e. The lowest BCUT2D eigenvalue weighted by molar-refractivity contribution is 0.170. The molecule has 0 bridgehead atoms. The third kappa shape index (κ3) is 2.38. The van der Waals surface area contributed by atoms with Gasteiger partial charge in [0.05, 0.1) is 0 Å². The lowest BCUT2D eigenvalue weighted by Crippen LogP contribution is -2.29. The van der Waals surface area contributed by atoms with Crippen LogP contribution in [-0.4, -0.2) is 48.0 Å². The summed E-state index contributed by atoms with van der Waals surface area (Å²) in [5.74, 6) is 0.701. The van der Waals surface area contributed by atoms with Gasteiger partial charge in [0.1, 0.15) is 12.5 Å². The van der Waals surface area contributed by atoms with Gasteiger partial charge in [-0.2, -0.15) is 4.99 Å². The van der Waals surface area contributed by atoms with Crippen LogP contribution in [0.5, 0.6) is 0 Å². The van der Waals surface area contributed by atoms with Crippen LogP contribution in [0, 0.1) is 0 Å². The van der Waals surface area contributed by atoms with E-state index in [1.165, 1.54) is 0 Å². The molecule has 1 rings (SSSR count). The Labute approximate surface area is 90.0 Å². The second kappa shape index (κ2) is 3.61. The number of nitrogens with two attached hydrogens (primary N) is 1. The summed E-state index contributed by atoms with van der Waals surface area (Å²) >= 11 is 0. The van der Waals surface area contributed by atoms with Crippen LogP contribution in [0.15, 0.2) is 14.5 Å². The zero-order valence-electron chi connectivity index (χ0n) is 9.76. The Bertz CT molecular complexity index is 377. The largest absolute Gasteiger partial charge is 0.383 e. The van der Waals surface area contributed by atoms with Gasteiger partial charge in [-0.15, -0.1) is 0 Å². The summed E-state index contributed by atoms with van der Waals surface area (Å²) < 4.78 is 8.60. The van der Waals surface area contributed by atoms with Crippen LogP contribution < -0.4 is 5.73 Å². The van der Waals surface area contributed by atoms with Crippen molar-refractivity contribution in [2.45, 2.75) is 19.2 Å². The molecule has 0 aromatic rings. The van der Waals surface area contributed by atoms with Gasteiger partial charge in [0.2, 0.25) is 11.9 Å². The Morgan fingerprint density at radius 2 is 1.93 bits per heavy atom. The van der Waals surface area contributed by atoms with Crippen LogP contribution in [0.25, 0.3) is 0 Å². The van der Waals surface area contributed by atoms with E-state index >= 15 is 0 Å². The highest BCUT2D eigenvalue weighted by Gasteiger charge is 2.34. The summed E-state index contributed by atoms with van der Waals surface area (Å²) in [4.78, 5) is 5.77. The molecule has 86 valence electrons. The van der Waals surface area contributed by atoms with Crippen LogP contribution in [-0.2, 0) is 0 Å². The van der Waals surface area contributed by atoms with Crippen LogP contribution in [0.2, 0.25) is 0 Å². The molecule has 0 amide bonds. The molecule has 3 N–H and O–H groups in total. The van der Waals surface area contributed by atoms with E-state index in [2.05, 4.69) is 14.5 Å². The lowest BCUT2D eigenvalue weighted by atomic mass is 10.5. The number of hydrogen-bond donors (Lipinski definition) is 2. The van der Waals surface area contributed by atoms with Gasteiger partial charge < -0.3 is 15.7 Å². The fourth-order valence-electron chi connectivity index (χ4n) is 0.977. The molecular formula is C8H18N5OP. The van der Waals surface area contributed by atoms with Crippen LogP contribution in [0.4, 0.5) is 0 Å². The molecule has 1 unspecified atom stereocenters. The van der Waals surface area contributed by atoms with Crippen molar-refractivity contribution in [1.82, 2.24) is 4.90 Å². The van der Waals surface area contributed by atoms with Crippen molar-refractivity contribution in [3.05, 3.63) is 0 Å². The number of aliphatic imine (C=N–C) groups is 1. The maximum Gasteiger partial charge on any atom is 0.228 e. The molecule has 0 aromatic carbocycles. The first kappa shape index (κ1) is 12.2. The SMILES string of the molecule is CN(C)C1=NC(N)=NP(C)(C(C)(C)O)=N1. The van der Waals surface area contributed by atoms with Crippen molar-refractivity contribution < 1.29 is 5.11 Å². The van der Waals surface area contributed by atoms with Crippen molar-refractivity contribution in [2.75, 3.05) is 20.8 Å². The fourth-order valence-corrected chi connectivity index (χ4v) is 2.53. The number of hydrogen-bond acceptors (Lipinski definition) is 6. The number of aliphatic hydroxyl groups is 1. The topological polar surface area (TPSA) is 86.6 Å². The molecule has 6 nitrogen and oxygen atoms in total. The highest BCUT2D eigenvalue weighted by molar-refractivity contribution is 7.66. The van der Waals surface area contributed by atoms with E-state index in [1.54, 1.807) is 18.7 Å². The molecule has 0 aliphatic carbocycles. The minimum absolute atomic E-state index is 0.187. The molecule has 0 saturated carbocycles. The molecule has 0 saturated heterocycles. The van der Waals surface area contributed by atoms with Crippen molar-refractivity contribution in [2.24, 2.45) is 20.2 Å². The molecule has 0 spiro atoms. The molecule has 15 heavy (non-hydrogen) atoms. The molecule has 7 heteroatoms. The van der Waals surface area contributed by atoms with E-state index in [1.807, 2.05) is 20.8 Å². The summed E-state index contributed by atoms with van der Waals surface area (Å²) in [5.41, 5.74) is 5.63. The van der Waals surface area contributed by atoms with E-state index < -0.39 is 12.5 Å². The zero-order valence-corrected chi connectivity index (χ0v) is 10.7. The van der Waals surface area contributed by atoms with Crippen molar-refractivity contribution in [3.63, 3.8) is 0 Å². The van der Waals surface area contributed by atoms with E-state index in [4.69, 9.17) is 5.73 Å². The average molecular weight is 231 g/mol. The van der Waals surface area contributed by atoms with Crippen LogP contribution >= 0.6 is 7.21 Å². The molecule has 1 atom stereocenters. The fraction of sp³-hybridized carbons (Fsp3) is 0.750. The quantitative estimate of drug-likeness (QED) is 0.651. The van der Waals surface area contributed by atoms with E-state index in [-0.39, 0.29) is 5.96 Å². The Morgan fingerprint density at radius 3 is 2.33 bits per heavy atom. The summed E-state index contributed by atoms with van der Waals surface area (Å²) in [5, 5.41) is 9.06. The van der Waals surface area contributed by atoms with Gasteiger partial charge in [0, 0.05) is 14.1 Å². The zero-order chi connectivity index (χ0) is 11.9. The van der Waals surface area contributed by atoms with Gasteiger partial charge in [0.25, 0.3) is 0 Å². The first-order valence-corrected chi connectivity index (χ1v) is 6.74. The van der Waals surface area contributed by atoms with Gasteiger partial charge in [-0.1, -0.05) is 0 Å². The van der Waals surface area contributed by atoms with E-state index in [9.17, 15) is 5.11 Å². The highest BCUT2D eigenvalue weighted by atomic mass is 31.2. The first-order chi connectivity index (χ1) is 6.66. The van der Waals surface area contributed by atoms with Gasteiger partial charge >= 0.3 is 0 Å². The predicted octanol–water partition coefficient (Wildman–Crippen LogP) is 0.707. The van der Waals surface area contributed by atoms with Gasteiger partial charge in [0.15, 0.2) is 0 Å². The van der Waals surface area contributed by atoms with Crippen molar-refractivity contribution >= 4 is 19.1 Å². The van der Waals surface area contributed by atoms with Gasteiger partial charge in [-0.25, -0.2) is 9.51 Å². The molecule has 1 aliphatic heterocycles. The molecule has 0 aromatic heterocycles. The first-order valence-electron chi connectivity index (χ1n) is 4.60. The molecule has 1 aliphatic rings. The summed E-state index contributed by atoms with van der Waals surface area (Å²) in [6.07, 6.45) is 0. The maximum atomic E-state index is 10.0. The summed E-state index contributed by atoms with van der Waals surface area (Å²) in [6.45, 7) is 5.22. The number of rotatable bonds is 1. The van der Waals surface area contributed by atoms with Crippen molar-refractivity contribution in [1.29, 1.82) is 0 Å². The van der Waals surface area contributed by atoms with Crippen LogP contribution in [0.3, 0.4) is 0 Å². The summed E-state index contributed by atoms with van der Waals surface area (Å²) in [7, 11) is 1.42. The second-order valence-corrected chi connectivity index (χ2v) is 7.59. The monoisotopic (exact) mass is 231 g/mol. The summed E-state index contributed by atoms with van der Waals surface area (Å²) in [6, 6.07) is 0. The van der Waals surface area contributed by atoms with E-state index in [0.29, 0.717) is 5.96 Å². The Hall–Kier alpha value is -0.870. The van der Waals surface area contributed by atoms with Gasteiger partial charge in [-0.05, 0) is 20.5 Å². The maximum absolute atomic E-state index is 10.0. The minimum Gasteiger partial charge on any atom is -0.383 e. The third-order valence-corrected chi connectivity index (χ3v) is 5.47. The number of nitrogens with zero attached hydrogens (tertiary/aromatic N) is 4. The number of guanidine groups is 2. The standard InChI is InChI=1S/C8H18N5OP/c1-8(2,14)15(5)11-6(9)10-7(12-15)13(3)4/h14H,1-5H3,(H2,9,11). The molecular weight excluding hydrogens is 213 g/mol. The van der Waals surface area contributed by atoms with Crippen LogP contribution in [0.1, 0.15) is 13.8 Å². The third-order valence-electron chi connectivity index (χ3n) is 2.23. The molecule has 1 heterocycles. The Morgan fingerprint density at radius 1 is 1.40 bits per heavy atom. The Kier molecular flexibility index (Phi) is 2.94.